The third kappa shape index (κ3) is 9.32. The van der Waals surface area contributed by atoms with Crippen molar-refractivity contribution in [3.05, 3.63) is 52.4 Å². The smallest absolute Gasteiger partial charge is 0.317 e. The SMILES string of the molecule is C#CC(=C)c1c(-c2c(Cl)cc3c(C)nc(OCC4(C)CC(F)CN(CCCCCCC(=O)NC(C)C(C)(C)C)C4)nc3c2C)ccc(F)c1N. The molecule has 50 heavy (non-hydrogen) atoms. The van der Waals surface area contributed by atoms with Gasteiger partial charge < -0.3 is 15.8 Å². The first-order chi connectivity index (χ1) is 23.4. The number of likely N-dealkylation sites (tertiary alicyclic amines) is 1. The number of carbonyl (C=O) groups is 1. The summed E-state index contributed by atoms with van der Waals surface area (Å²) in [6.07, 6.45) is 9.31. The molecule has 7 nitrogen and oxygen atoms in total. The standard InChI is InChI=1S/C40H52ClF2N5O2/c1-10-24(2)34-29(16-17-32(43)36(34)44)35-25(3)37-30(19-31(35)41)26(4)45-38(47-37)50-23-40(9)20-28(42)21-48(22-40)18-14-12-11-13-15-33(49)46-27(5)39(6,7)8/h1,16-17,19,27-28H,2,11-15,18,20-23,44H2,3-9H3,(H,46,49). The van der Waals surface area contributed by atoms with Crippen molar-refractivity contribution in [1.29, 1.82) is 0 Å². The molecule has 3 N–H and O–H groups in total. The number of terminal acetylenes is 1. The van der Waals surface area contributed by atoms with Crippen LogP contribution in [0.5, 0.6) is 6.01 Å². The summed E-state index contributed by atoms with van der Waals surface area (Å²) in [6.45, 7) is 20.2. The fourth-order valence-electron chi connectivity index (χ4n) is 6.67. The number of hydrogen-bond donors (Lipinski definition) is 2. The topological polar surface area (TPSA) is 93.4 Å². The van der Waals surface area contributed by atoms with Crippen LogP contribution in [0.1, 0.15) is 90.0 Å². The van der Waals surface area contributed by atoms with Gasteiger partial charge in [-0.15, -0.1) is 6.42 Å². The van der Waals surface area contributed by atoms with Crippen molar-refractivity contribution >= 4 is 39.7 Å². The van der Waals surface area contributed by atoms with E-state index in [0.29, 0.717) is 58.9 Å². The minimum absolute atomic E-state index is 0.0313. The molecule has 1 fully saturated rings. The summed E-state index contributed by atoms with van der Waals surface area (Å²) in [5, 5.41) is 4.25. The maximum Gasteiger partial charge on any atom is 0.317 e. The lowest BCUT2D eigenvalue weighted by molar-refractivity contribution is -0.122. The number of nitrogens with zero attached hydrogens (tertiary/aromatic N) is 3. The van der Waals surface area contributed by atoms with E-state index in [9.17, 15) is 9.18 Å². The third-order valence-corrected chi connectivity index (χ3v) is 10.2. The molecule has 10 heteroatoms. The van der Waals surface area contributed by atoms with Gasteiger partial charge in [-0.2, -0.15) is 9.97 Å². The molecule has 2 heterocycles. The fraction of sp³-hybridized carbons (Fsp3) is 0.525. The first-order valence-corrected chi connectivity index (χ1v) is 17.8. The average Bonchev–Trinajstić information content (AvgIpc) is 3.03. The van der Waals surface area contributed by atoms with E-state index in [1.165, 1.54) is 6.07 Å². The number of benzene rings is 2. The van der Waals surface area contributed by atoms with Crippen LogP contribution in [0.2, 0.25) is 5.02 Å². The molecule has 3 unspecified atom stereocenters. The van der Waals surface area contributed by atoms with Crippen molar-refractivity contribution in [3.63, 3.8) is 0 Å². The summed E-state index contributed by atoms with van der Waals surface area (Å²) in [7, 11) is 0. The first kappa shape index (κ1) is 39.1. The van der Waals surface area contributed by atoms with Gasteiger partial charge in [-0.25, -0.2) is 8.78 Å². The minimum Gasteiger partial charge on any atom is -0.463 e. The second-order valence-electron chi connectivity index (χ2n) is 15.3. The van der Waals surface area contributed by atoms with Crippen LogP contribution in [-0.2, 0) is 4.79 Å². The van der Waals surface area contributed by atoms with E-state index < -0.39 is 17.4 Å². The zero-order chi connectivity index (χ0) is 37.0. The fourth-order valence-corrected chi connectivity index (χ4v) is 7.03. The van der Waals surface area contributed by atoms with Gasteiger partial charge in [0.25, 0.3) is 0 Å². The van der Waals surface area contributed by atoms with Gasteiger partial charge in [-0.3, -0.25) is 9.69 Å². The summed E-state index contributed by atoms with van der Waals surface area (Å²) < 4.78 is 35.8. The molecule has 1 aromatic heterocycles. The number of alkyl halides is 1. The number of nitrogen functional groups attached to an aromatic ring is 1. The maximum absolute atomic E-state index is 15.1. The Morgan fingerprint density at radius 2 is 1.96 bits per heavy atom. The number of nitrogens with two attached hydrogens (primary N) is 1. The van der Waals surface area contributed by atoms with Crippen LogP contribution in [0.25, 0.3) is 27.6 Å². The molecule has 1 aliphatic heterocycles. The molecule has 1 aliphatic rings. The number of hydrogen-bond acceptors (Lipinski definition) is 6. The van der Waals surface area contributed by atoms with Crippen molar-refractivity contribution in [2.45, 2.75) is 99.2 Å². The highest BCUT2D eigenvalue weighted by molar-refractivity contribution is 6.34. The number of ether oxygens (including phenoxy) is 1. The Balaban J connectivity index is 1.42. The van der Waals surface area contributed by atoms with Gasteiger partial charge in [0.1, 0.15) is 12.0 Å². The summed E-state index contributed by atoms with van der Waals surface area (Å²) >= 11 is 6.82. The van der Waals surface area contributed by atoms with E-state index >= 15 is 4.39 Å². The van der Waals surface area contributed by atoms with Crippen LogP contribution in [0.4, 0.5) is 14.5 Å². The molecular formula is C40H52ClF2N5O2. The second kappa shape index (κ2) is 16.1. The van der Waals surface area contributed by atoms with Gasteiger partial charge in [-0.1, -0.05) is 70.7 Å². The summed E-state index contributed by atoms with van der Waals surface area (Å²) in [4.78, 5) is 23.8. The number of fused-ring (bicyclic) bond motifs is 1. The zero-order valence-electron chi connectivity index (χ0n) is 30.6. The lowest BCUT2D eigenvalue weighted by Crippen LogP contribution is -2.49. The number of amides is 1. The Hall–Kier alpha value is -3.74. The molecular weight excluding hydrogens is 656 g/mol. The van der Waals surface area contributed by atoms with E-state index in [1.807, 2.05) is 27.7 Å². The summed E-state index contributed by atoms with van der Waals surface area (Å²) in [5.41, 5.74) is 9.32. The molecule has 3 aromatic rings. The Labute approximate surface area is 301 Å². The highest BCUT2D eigenvalue weighted by atomic mass is 35.5. The van der Waals surface area contributed by atoms with Gasteiger partial charge in [0.05, 0.1) is 23.5 Å². The molecule has 3 atom stereocenters. The van der Waals surface area contributed by atoms with Gasteiger partial charge >= 0.3 is 6.01 Å². The molecule has 270 valence electrons. The highest BCUT2D eigenvalue weighted by Crippen LogP contribution is 2.42. The average molecular weight is 708 g/mol. The van der Waals surface area contributed by atoms with Crippen molar-refractivity contribution in [3.8, 4) is 29.5 Å². The van der Waals surface area contributed by atoms with E-state index in [-0.39, 0.29) is 41.2 Å². The highest BCUT2D eigenvalue weighted by Gasteiger charge is 2.37. The van der Waals surface area contributed by atoms with E-state index in [1.54, 1.807) is 12.1 Å². The van der Waals surface area contributed by atoms with E-state index in [0.717, 1.165) is 43.2 Å². The number of allylic oxidation sites excluding steroid dienone is 1. The van der Waals surface area contributed by atoms with Gasteiger partial charge in [0.2, 0.25) is 5.91 Å². The molecule has 0 spiro atoms. The Kier molecular flexibility index (Phi) is 12.6. The van der Waals surface area contributed by atoms with Crippen molar-refractivity contribution in [2.24, 2.45) is 10.8 Å². The van der Waals surface area contributed by atoms with Gasteiger partial charge in [0.15, 0.2) is 0 Å². The number of nitrogens with one attached hydrogen (secondary N) is 1. The lowest BCUT2D eigenvalue weighted by atomic mass is 9.82. The number of aromatic nitrogens is 2. The predicted molar refractivity (Wildman–Crippen MR) is 201 cm³/mol. The number of anilines is 1. The summed E-state index contributed by atoms with van der Waals surface area (Å²) in [6, 6.07) is 4.95. The van der Waals surface area contributed by atoms with Crippen LogP contribution in [-0.4, -0.2) is 59.2 Å². The number of rotatable bonds is 13. The Bertz CT molecular complexity index is 1780. The zero-order valence-corrected chi connectivity index (χ0v) is 31.4. The lowest BCUT2D eigenvalue weighted by Gasteiger charge is -2.41. The number of unbranched alkanes of at least 4 members (excludes halogenated alkanes) is 3. The van der Waals surface area contributed by atoms with Crippen LogP contribution in [0, 0.1) is 42.8 Å². The Morgan fingerprint density at radius 1 is 1.26 bits per heavy atom. The molecule has 1 amide bonds. The van der Waals surface area contributed by atoms with Crippen LogP contribution < -0.4 is 15.8 Å². The van der Waals surface area contributed by atoms with Crippen molar-refractivity contribution in [2.75, 3.05) is 32.0 Å². The van der Waals surface area contributed by atoms with Crippen molar-refractivity contribution in [1.82, 2.24) is 20.2 Å². The molecule has 0 bridgehead atoms. The van der Waals surface area contributed by atoms with Crippen LogP contribution in [0.15, 0.2) is 24.8 Å². The first-order valence-electron chi connectivity index (χ1n) is 17.4. The second-order valence-corrected chi connectivity index (χ2v) is 15.7. The van der Waals surface area contributed by atoms with Gasteiger partial charge in [-0.05, 0) is 75.3 Å². The third-order valence-electron chi connectivity index (χ3n) is 9.92. The maximum atomic E-state index is 15.1. The van der Waals surface area contributed by atoms with Crippen LogP contribution in [0.3, 0.4) is 0 Å². The van der Waals surface area contributed by atoms with Gasteiger partial charge in [0, 0.05) is 58.1 Å². The van der Waals surface area contributed by atoms with Crippen molar-refractivity contribution < 1.29 is 18.3 Å². The summed E-state index contributed by atoms with van der Waals surface area (Å²) in [5.74, 6) is 1.97. The monoisotopic (exact) mass is 707 g/mol. The normalized spacial score (nSPS) is 18.9. The molecule has 1 saturated heterocycles. The quantitative estimate of drug-likeness (QED) is 0.105. The Morgan fingerprint density at radius 3 is 2.64 bits per heavy atom. The van der Waals surface area contributed by atoms with E-state index in [2.05, 4.69) is 48.5 Å². The van der Waals surface area contributed by atoms with Crippen LogP contribution >= 0.6 is 11.6 Å². The molecule has 4 rings (SSSR count). The minimum atomic E-state index is -0.966. The number of halogens is 3. The number of carbonyl (C=O) groups excluding carboxylic acids is 1. The van der Waals surface area contributed by atoms with E-state index in [4.69, 9.17) is 33.5 Å². The predicted octanol–water partition coefficient (Wildman–Crippen LogP) is 8.86. The largest absolute Gasteiger partial charge is 0.463 e. The number of aryl methyl sites for hydroxylation is 2. The molecule has 0 saturated carbocycles. The number of piperidine rings is 1. The molecule has 0 aliphatic carbocycles. The molecule has 2 aromatic carbocycles. The molecule has 0 radical (unpaired) electrons.